The molecule has 0 spiro atoms. The fraction of sp³-hybridized carbons (Fsp3) is 0.0714. The molecule has 0 unspecified atom stereocenters. The van der Waals surface area contributed by atoms with Crippen molar-refractivity contribution >= 4 is 5.97 Å². The molecule has 5 heteroatoms. The van der Waals surface area contributed by atoms with E-state index in [1.54, 1.807) is 24.3 Å². The summed E-state index contributed by atoms with van der Waals surface area (Å²) in [5, 5.41) is 9.05. The van der Waals surface area contributed by atoms with Crippen LogP contribution in [-0.2, 0) is 0 Å². The molecule has 1 N–H and O–H groups in total. The summed E-state index contributed by atoms with van der Waals surface area (Å²) in [4.78, 5) is 11.1. The van der Waals surface area contributed by atoms with E-state index in [0.29, 0.717) is 17.4 Å². The molecule has 0 heterocycles. The molecular weight excluding hydrogens is 254 g/mol. The van der Waals surface area contributed by atoms with Gasteiger partial charge in [-0.05, 0) is 35.4 Å². The average Bonchev–Trinajstić information content (AvgIpc) is 2.41. The molecule has 0 saturated carbocycles. The highest BCUT2D eigenvalue weighted by Gasteiger charge is 2.16. The first-order valence-corrected chi connectivity index (χ1v) is 5.39. The summed E-state index contributed by atoms with van der Waals surface area (Å²) in [6.45, 7) is 0. The largest absolute Gasteiger partial charge is 0.497 e. The molecule has 0 bridgehead atoms. The summed E-state index contributed by atoms with van der Waals surface area (Å²) in [5.41, 5.74) is 0.244. The maximum Gasteiger partial charge on any atom is 0.336 e. The van der Waals surface area contributed by atoms with Gasteiger partial charge < -0.3 is 9.84 Å². The van der Waals surface area contributed by atoms with Gasteiger partial charge in [-0.15, -0.1) is 0 Å². The normalized spacial score (nSPS) is 10.3. The van der Waals surface area contributed by atoms with E-state index in [0.717, 1.165) is 6.07 Å². The minimum Gasteiger partial charge on any atom is -0.497 e. The lowest BCUT2D eigenvalue weighted by molar-refractivity contribution is 0.0697. The maximum atomic E-state index is 13.3. The molecule has 0 fully saturated rings. The predicted molar refractivity (Wildman–Crippen MR) is 65.3 cm³/mol. The SMILES string of the molecule is COc1cccc(-c2cc(F)c(F)cc2C(=O)O)c1. The van der Waals surface area contributed by atoms with Crippen LogP contribution in [0.3, 0.4) is 0 Å². The molecule has 2 rings (SSSR count). The summed E-state index contributed by atoms with van der Waals surface area (Å²) >= 11 is 0. The van der Waals surface area contributed by atoms with Crippen LogP contribution in [0.4, 0.5) is 8.78 Å². The summed E-state index contributed by atoms with van der Waals surface area (Å²) in [7, 11) is 1.46. The predicted octanol–water partition coefficient (Wildman–Crippen LogP) is 3.34. The first-order chi connectivity index (χ1) is 9.02. The van der Waals surface area contributed by atoms with E-state index < -0.39 is 17.6 Å². The number of carboxylic acid groups (broad SMARTS) is 1. The van der Waals surface area contributed by atoms with Crippen LogP contribution in [0.15, 0.2) is 36.4 Å². The van der Waals surface area contributed by atoms with Crippen molar-refractivity contribution in [3.8, 4) is 16.9 Å². The number of carboxylic acids is 1. The molecule has 3 nitrogen and oxygen atoms in total. The molecule has 2 aromatic rings. The van der Waals surface area contributed by atoms with E-state index in [1.165, 1.54) is 7.11 Å². The Kier molecular flexibility index (Phi) is 3.46. The summed E-state index contributed by atoms with van der Waals surface area (Å²) in [6.07, 6.45) is 0. The van der Waals surface area contributed by atoms with Crippen molar-refractivity contribution in [2.45, 2.75) is 0 Å². The number of hydrogen-bond donors (Lipinski definition) is 1. The van der Waals surface area contributed by atoms with E-state index in [2.05, 4.69) is 0 Å². The van der Waals surface area contributed by atoms with Crippen LogP contribution >= 0.6 is 0 Å². The van der Waals surface area contributed by atoms with E-state index >= 15 is 0 Å². The van der Waals surface area contributed by atoms with Crippen molar-refractivity contribution < 1.29 is 23.4 Å². The van der Waals surface area contributed by atoms with Gasteiger partial charge in [-0.2, -0.15) is 0 Å². The number of aromatic carboxylic acids is 1. The molecule has 2 aromatic carbocycles. The van der Waals surface area contributed by atoms with Gasteiger partial charge in [0.15, 0.2) is 11.6 Å². The highest BCUT2D eigenvalue weighted by Crippen LogP contribution is 2.29. The van der Waals surface area contributed by atoms with Crippen molar-refractivity contribution in [2.75, 3.05) is 7.11 Å². The Morgan fingerprint density at radius 1 is 1.16 bits per heavy atom. The van der Waals surface area contributed by atoms with Crippen LogP contribution in [0, 0.1) is 11.6 Å². The van der Waals surface area contributed by atoms with Gasteiger partial charge in [0.1, 0.15) is 5.75 Å². The topological polar surface area (TPSA) is 46.5 Å². The fourth-order valence-electron chi connectivity index (χ4n) is 1.75. The summed E-state index contributed by atoms with van der Waals surface area (Å²) in [6, 6.07) is 8.01. The number of rotatable bonds is 3. The van der Waals surface area contributed by atoms with Crippen LogP contribution < -0.4 is 4.74 Å². The number of halogens is 2. The Hall–Kier alpha value is -2.43. The van der Waals surface area contributed by atoms with E-state index in [4.69, 9.17) is 9.84 Å². The van der Waals surface area contributed by atoms with Gasteiger partial charge >= 0.3 is 5.97 Å². The van der Waals surface area contributed by atoms with Crippen molar-refractivity contribution in [3.05, 3.63) is 53.6 Å². The lowest BCUT2D eigenvalue weighted by atomic mass is 9.99. The molecule has 0 atom stereocenters. The molecular formula is C14H10F2O3. The van der Waals surface area contributed by atoms with Gasteiger partial charge in [0.25, 0.3) is 0 Å². The minimum absolute atomic E-state index is 0.102. The Bertz CT molecular complexity index is 639. The second-order valence-electron chi connectivity index (χ2n) is 3.85. The third-order valence-corrected chi connectivity index (χ3v) is 2.67. The number of carbonyl (C=O) groups is 1. The maximum absolute atomic E-state index is 13.3. The highest BCUT2D eigenvalue weighted by atomic mass is 19.2. The van der Waals surface area contributed by atoms with Crippen molar-refractivity contribution in [3.63, 3.8) is 0 Å². The van der Waals surface area contributed by atoms with E-state index in [1.807, 2.05) is 0 Å². The summed E-state index contributed by atoms with van der Waals surface area (Å²) < 4.78 is 31.4. The van der Waals surface area contributed by atoms with Crippen molar-refractivity contribution in [1.29, 1.82) is 0 Å². The third kappa shape index (κ3) is 2.54. The van der Waals surface area contributed by atoms with Gasteiger partial charge in [-0.3, -0.25) is 0 Å². The lowest BCUT2D eigenvalue weighted by Gasteiger charge is -2.09. The molecule has 0 aliphatic heterocycles. The zero-order valence-electron chi connectivity index (χ0n) is 9.98. The second kappa shape index (κ2) is 5.06. The molecule has 98 valence electrons. The Morgan fingerprint density at radius 2 is 1.84 bits per heavy atom. The molecule has 19 heavy (non-hydrogen) atoms. The Morgan fingerprint density at radius 3 is 2.47 bits per heavy atom. The van der Waals surface area contributed by atoms with Gasteiger partial charge in [0.2, 0.25) is 0 Å². The molecule has 0 radical (unpaired) electrons. The first-order valence-electron chi connectivity index (χ1n) is 5.39. The standard InChI is InChI=1S/C14H10F2O3/c1-19-9-4-2-3-8(5-9)10-6-12(15)13(16)7-11(10)14(17)18/h2-7H,1H3,(H,17,18). The molecule has 0 saturated heterocycles. The zero-order valence-corrected chi connectivity index (χ0v) is 9.98. The van der Waals surface area contributed by atoms with Crippen LogP contribution in [0.5, 0.6) is 5.75 Å². The second-order valence-corrected chi connectivity index (χ2v) is 3.85. The van der Waals surface area contributed by atoms with Crippen molar-refractivity contribution in [1.82, 2.24) is 0 Å². The van der Waals surface area contributed by atoms with Gasteiger partial charge in [-0.25, -0.2) is 13.6 Å². The molecule has 0 aliphatic rings. The van der Waals surface area contributed by atoms with E-state index in [-0.39, 0.29) is 11.1 Å². The zero-order chi connectivity index (χ0) is 14.0. The number of hydrogen-bond acceptors (Lipinski definition) is 2. The monoisotopic (exact) mass is 264 g/mol. The van der Waals surface area contributed by atoms with Crippen LogP contribution in [0.1, 0.15) is 10.4 Å². The average molecular weight is 264 g/mol. The lowest BCUT2D eigenvalue weighted by Crippen LogP contribution is -2.02. The highest BCUT2D eigenvalue weighted by molar-refractivity contribution is 5.96. The smallest absolute Gasteiger partial charge is 0.336 e. The molecule has 0 amide bonds. The van der Waals surface area contributed by atoms with Crippen LogP contribution in [-0.4, -0.2) is 18.2 Å². The quantitative estimate of drug-likeness (QED) is 0.924. The number of ether oxygens (including phenoxy) is 1. The fourth-order valence-corrected chi connectivity index (χ4v) is 1.75. The Labute approximate surface area is 108 Å². The van der Waals surface area contributed by atoms with E-state index in [9.17, 15) is 13.6 Å². The summed E-state index contributed by atoms with van der Waals surface area (Å²) in [5.74, 6) is -3.11. The van der Waals surface area contributed by atoms with Gasteiger partial charge in [-0.1, -0.05) is 12.1 Å². The Balaban J connectivity index is 2.66. The molecule has 0 aromatic heterocycles. The first kappa shape index (κ1) is 13.0. The molecule has 0 aliphatic carbocycles. The number of benzene rings is 2. The van der Waals surface area contributed by atoms with Gasteiger partial charge in [0.05, 0.1) is 12.7 Å². The van der Waals surface area contributed by atoms with Crippen molar-refractivity contribution in [2.24, 2.45) is 0 Å². The third-order valence-electron chi connectivity index (χ3n) is 2.67. The van der Waals surface area contributed by atoms with Crippen LogP contribution in [0.2, 0.25) is 0 Å². The van der Waals surface area contributed by atoms with Crippen LogP contribution in [0.25, 0.3) is 11.1 Å². The minimum atomic E-state index is -1.32. The van der Waals surface area contributed by atoms with Gasteiger partial charge in [0, 0.05) is 0 Å². The number of methoxy groups -OCH3 is 1.